The highest BCUT2D eigenvalue weighted by Gasteiger charge is 2.41. The first-order valence-corrected chi connectivity index (χ1v) is 10.2. The van der Waals surface area contributed by atoms with Crippen LogP contribution in [-0.4, -0.2) is 28.2 Å². The molecule has 1 aliphatic rings. The van der Waals surface area contributed by atoms with Crippen molar-refractivity contribution in [1.82, 2.24) is 0 Å². The van der Waals surface area contributed by atoms with E-state index in [9.17, 15) is 15.0 Å². The molecule has 4 rings (SSSR count). The summed E-state index contributed by atoms with van der Waals surface area (Å²) in [5.41, 5.74) is 2.11. The van der Waals surface area contributed by atoms with Crippen molar-refractivity contribution in [2.75, 3.05) is 0 Å². The minimum absolute atomic E-state index is 0.0567. The molecule has 29 heavy (non-hydrogen) atoms. The van der Waals surface area contributed by atoms with Gasteiger partial charge < -0.3 is 10.2 Å². The lowest BCUT2D eigenvalue weighted by Crippen LogP contribution is -2.18. The van der Waals surface area contributed by atoms with Crippen molar-refractivity contribution >= 4 is 16.6 Å². The SMILES string of the molecule is O=C1C[C@@H](O)[C@H](/C=C/[C@@H](O)CCc2ccccc2)[C@@H]1c1ccc2ccccc2c1. The standard InChI is InChI=1S/C26H26O3/c27-22(13-10-18-6-2-1-3-7-18)14-15-23-24(28)17-25(29)26(23)21-12-11-19-8-4-5-9-20(19)16-21/h1-9,11-12,14-16,22-24,26-28H,10,13,17H2/b15-14+/t22-,23-,24+,26-/m0/s1. The lowest BCUT2D eigenvalue weighted by Gasteiger charge is -2.19. The van der Waals surface area contributed by atoms with Crippen LogP contribution in [0.2, 0.25) is 0 Å². The minimum Gasteiger partial charge on any atom is -0.392 e. The third-order valence-electron chi connectivity index (χ3n) is 5.85. The molecule has 3 heteroatoms. The van der Waals surface area contributed by atoms with Gasteiger partial charge in [-0.05, 0) is 34.7 Å². The van der Waals surface area contributed by atoms with Gasteiger partial charge in [0.1, 0.15) is 5.78 Å². The second-order valence-corrected chi connectivity index (χ2v) is 7.88. The Morgan fingerprint density at radius 2 is 1.69 bits per heavy atom. The van der Waals surface area contributed by atoms with E-state index in [1.165, 1.54) is 5.56 Å². The fourth-order valence-corrected chi connectivity index (χ4v) is 4.27. The highest BCUT2D eigenvalue weighted by molar-refractivity contribution is 5.91. The largest absolute Gasteiger partial charge is 0.392 e. The molecule has 0 heterocycles. The number of carbonyl (C=O) groups excluding carboxylic acids is 1. The van der Waals surface area contributed by atoms with Gasteiger partial charge in [0.25, 0.3) is 0 Å². The molecule has 0 amide bonds. The zero-order valence-electron chi connectivity index (χ0n) is 16.3. The van der Waals surface area contributed by atoms with E-state index in [0.29, 0.717) is 6.42 Å². The summed E-state index contributed by atoms with van der Waals surface area (Å²) in [5, 5.41) is 23.1. The van der Waals surface area contributed by atoms with Gasteiger partial charge in [0.2, 0.25) is 0 Å². The van der Waals surface area contributed by atoms with Crippen molar-refractivity contribution in [3.8, 4) is 0 Å². The molecule has 2 N–H and O–H groups in total. The molecule has 1 aliphatic carbocycles. The molecule has 3 aromatic rings. The van der Waals surface area contributed by atoms with E-state index in [2.05, 4.69) is 0 Å². The third-order valence-corrected chi connectivity index (χ3v) is 5.85. The molecule has 0 unspecified atom stereocenters. The van der Waals surface area contributed by atoms with Gasteiger partial charge in [0.05, 0.1) is 18.1 Å². The number of hydrogen-bond acceptors (Lipinski definition) is 3. The molecule has 0 bridgehead atoms. The lowest BCUT2D eigenvalue weighted by molar-refractivity contribution is -0.119. The molecule has 0 radical (unpaired) electrons. The molecular formula is C26H26O3. The summed E-state index contributed by atoms with van der Waals surface area (Å²) in [7, 11) is 0. The molecule has 148 valence electrons. The third kappa shape index (κ3) is 4.47. The maximum atomic E-state index is 12.6. The summed E-state index contributed by atoms with van der Waals surface area (Å²) in [6.07, 6.45) is 3.82. The highest BCUT2D eigenvalue weighted by Crippen LogP contribution is 2.39. The molecule has 3 aromatic carbocycles. The van der Waals surface area contributed by atoms with E-state index in [0.717, 1.165) is 22.8 Å². The predicted octanol–water partition coefficient (Wildman–Crippen LogP) is 4.42. The summed E-state index contributed by atoms with van der Waals surface area (Å²) >= 11 is 0. The number of rotatable bonds is 6. The van der Waals surface area contributed by atoms with Gasteiger partial charge in [-0.2, -0.15) is 0 Å². The van der Waals surface area contributed by atoms with Crippen LogP contribution in [-0.2, 0) is 11.2 Å². The quantitative estimate of drug-likeness (QED) is 0.617. The number of fused-ring (bicyclic) bond motifs is 1. The van der Waals surface area contributed by atoms with E-state index in [4.69, 9.17) is 0 Å². The van der Waals surface area contributed by atoms with Crippen LogP contribution in [0.15, 0.2) is 84.9 Å². The summed E-state index contributed by atoms with van der Waals surface area (Å²) in [6, 6.07) is 24.2. The van der Waals surface area contributed by atoms with Crippen LogP contribution in [0.5, 0.6) is 0 Å². The Morgan fingerprint density at radius 3 is 2.48 bits per heavy atom. The van der Waals surface area contributed by atoms with Crippen LogP contribution >= 0.6 is 0 Å². The van der Waals surface area contributed by atoms with Crippen LogP contribution in [0.4, 0.5) is 0 Å². The maximum absolute atomic E-state index is 12.6. The maximum Gasteiger partial charge on any atom is 0.143 e. The van der Waals surface area contributed by atoms with E-state index >= 15 is 0 Å². The Bertz CT molecular complexity index is 1010. The lowest BCUT2D eigenvalue weighted by atomic mass is 9.86. The number of aryl methyl sites for hydroxylation is 1. The van der Waals surface area contributed by atoms with Gasteiger partial charge >= 0.3 is 0 Å². The van der Waals surface area contributed by atoms with Crippen molar-refractivity contribution in [2.45, 2.75) is 37.4 Å². The zero-order valence-corrected chi connectivity index (χ0v) is 16.3. The Kier molecular flexibility index (Phi) is 5.89. The fraction of sp³-hybridized carbons (Fsp3) is 0.269. The number of ketones is 1. The summed E-state index contributed by atoms with van der Waals surface area (Å²) < 4.78 is 0. The van der Waals surface area contributed by atoms with Gasteiger partial charge in [-0.15, -0.1) is 0 Å². The fourth-order valence-electron chi connectivity index (χ4n) is 4.27. The summed E-state index contributed by atoms with van der Waals surface area (Å²) in [6.45, 7) is 0. The number of carbonyl (C=O) groups is 1. The van der Waals surface area contributed by atoms with Crippen LogP contribution in [0.3, 0.4) is 0 Å². The van der Waals surface area contributed by atoms with Crippen LogP contribution in [0.25, 0.3) is 10.8 Å². The molecule has 0 aliphatic heterocycles. The first-order chi connectivity index (χ1) is 14.1. The van der Waals surface area contributed by atoms with E-state index in [-0.39, 0.29) is 24.0 Å². The van der Waals surface area contributed by atoms with Gasteiger partial charge in [-0.25, -0.2) is 0 Å². The molecule has 4 atom stereocenters. The molecule has 0 saturated heterocycles. The first-order valence-electron chi connectivity index (χ1n) is 10.2. The number of benzene rings is 3. The average molecular weight is 386 g/mol. The molecule has 3 nitrogen and oxygen atoms in total. The van der Waals surface area contributed by atoms with Crippen molar-refractivity contribution in [3.05, 3.63) is 96.1 Å². The normalized spacial score (nSPS) is 23.1. The van der Waals surface area contributed by atoms with Crippen molar-refractivity contribution in [3.63, 3.8) is 0 Å². The van der Waals surface area contributed by atoms with Gasteiger partial charge in [0, 0.05) is 12.3 Å². The average Bonchev–Trinajstić information content (AvgIpc) is 3.04. The smallest absolute Gasteiger partial charge is 0.143 e. The molecule has 1 fully saturated rings. The Hall–Kier alpha value is -2.75. The van der Waals surface area contributed by atoms with Crippen LogP contribution in [0.1, 0.15) is 29.9 Å². The minimum atomic E-state index is -0.712. The van der Waals surface area contributed by atoms with E-state index < -0.39 is 12.2 Å². The van der Waals surface area contributed by atoms with Gasteiger partial charge in [-0.3, -0.25) is 4.79 Å². The Labute approximate surface area is 171 Å². The van der Waals surface area contributed by atoms with E-state index in [1.54, 1.807) is 6.08 Å². The number of hydrogen-bond donors (Lipinski definition) is 2. The molecular weight excluding hydrogens is 360 g/mol. The van der Waals surface area contributed by atoms with Crippen molar-refractivity contribution in [2.24, 2.45) is 5.92 Å². The number of Topliss-reactive ketones (excluding diaryl/α,β-unsaturated/α-hetero) is 1. The van der Waals surface area contributed by atoms with Gasteiger partial charge in [0.15, 0.2) is 0 Å². The topological polar surface area (TPSA) is 57.5 Å². The van der Waals surface area contributed by atoms with Crippen LogP contribution < -0.4 is 0 Å². The molecule has 0 aromatic heterocycles. The summed E-state index contributed by atoms with van der Waals surface area (Å²) in [5.74, 6) is -0.622. The summed E-state index contributed by atoms with van der Waals surface area (Å²) in [4.78, 5) is 12.6. The predicted molar refractivity (Wildman–Crippen MR) is 116 cm³/mol. The number of aliphatic hydroxyl groups is 2. The second kappa shape index (κ2) is 8.73. The van der Waals surface area contributed by atoms with E-state index in [1.807, 2.05) is 78.9 Å². The Balaban J connectivity index is 1.49. The van der Waals surface area contributed by atoms with Crippen molar-refractivity contribution in [1.29, 1.82) is 0 Å². The van der Waals surface area contributed by atoms with Gasteiger partial charge in [-0.1, -0.05) is 84.9 Å². The Morgan fingerprint density at radius 1 is 0.966 bits per heavy atom. The molecule has 1 saturated carbocycles. The monoisotopic (exact) mass is 386 g/mol. The molecule has 0 spiro atoms. The zero-order chi connectivity index (χ0) is 20.2. The first kappa shape index (κ1) is 19.6. The van der Waals surface area contributed by atoms with Crippen molar-refractivity contribution < 1.29 is 15.0 Å². The highest BCUT2D eigenvalue weighted by atomic mass is 16.3. The van der Waals surface area contributed by atoms with Crippen LogP contribution in [0, 0.1) is 5.92 Å². The second-order valence-electron chi connectivity index (χ2n) is 7.88. The number of aliphatic hydroxyl groups excluding tert-OH is 2.